The zero-order valence-electron chi connectivity index (χ0n) is 15.9. The van der Waals surface area contributed by atoms with Crippen LogP contribution in [-0.4, -0.2) is 67.4 Å². The molecule has 0 saturated carbocycles. The molecule has 1 N–H and O–H groups in total. The highest BCUT2D eigenvalue weighted by Gasteiger charge is 2.40. The first kappa shape index (κ1) is 19.9. The maximum atomic E-state index is 12.8. The fourth-order valence-electron chi connectivity index (χ4n) is 2.89. The van der Waals surface area contributed by atoms with Crippen molar-refractivity contribution in [1.29, 1.82) is 0 Å². The monoisotopic (exact) mass is 361 g/mol. The minimum Gasteiger partial charge on any atom is -0.465 e. The van der Waals surface area contributed by atoms with E-state index in [2.05, 4.69) is 21.9 Å². The van der Waals surface area contributed by atoms with Gasteiger partial charge in [0.2, 0.25) is 11.8 Å². The SMILES string of the molecule is CCN1CCN(C(=O)C(C)(C)C(=O)Nc2cccc(C(=O)OC)c2)CC1. The lowest BCUT2D eigenvalue weighted by Gasteiger charge is -2.37. The van der Waals surface area contributed by atoms with E-state index in [9.17, 15) is 14.4 Å². The van der Waals surface area contributed by atoms with Gasteiger partial charge in [0.05, 0.1) is 12.7 Å². The number of piperazine rings is 1. The summed E-state index contributed by atoms with van der Waals surface area (Å²) in [5, 5.41) is 2.74. The molecule has 1 aromatic carbocycles. The number of amides is 2. The van der Waals surface area contributed by atoms with Crippen LogP contribution in [0.2, 0.25) is 0 Å². The number of likely N-dealkylation sites (N-methyl/N-ethyl adjacent to an activating group) is 1. The number of rotatable bonds is 5. The van der Waals surface area contributed by atoms with Gasteiger partial charge >= 0.3 is 5.97 Å². The Hall–Kier alpha value is -2.41. The van der Waals surface area contributed by atoms with Crippen LogP contribution in [0.4, 0.5) is 5.69 Å². The van der Waals surface area contributed by atoms with Crippen molar-refractivity contribution in [2.75, 3.05) is 45.2 Å². The Morgan fingerprint density at radius 2 is 1.81 bits per heavy atom. The van der Waals surface area contributed by atoms with Gasteiger partial charge in [0.1, 0.15) is 5.41 Å². The number of benzene rings is 1. The summed E-state index contributed by atoms with van der Waals surface area (Å²) in [7, 11) is 1.30. The van der Waals surface area contributed by atoms with Gasteiger partial charge in [-0.3, -0.25) is 9.59 Å². The fraction of sp³-hybridized carbons (Fsp3) is 0.526. The van der Waals surface area contributed by atoms with Gasteiger partial charge in [-0.2, -0.15) is 0 Å². The summed E-state index contributed by atoms with van der Waals surface area (Å²) in [6.07, 6.45) is 0. The molecule has 7 nitrogen and oxygen atoms in total. The largest absolute Gasteiger partial charge is 0.465 e. The Morgan fingerprint density at radius 3 is 2.38 bits per heavy atom. The molecule has 142 valence electrons. The second kappa shape index (κ2) is 8.31. The van der Waals surface area contributed by atoms with Gasteiger partial charge in [-0.25, -0.2) is 4.79 Å². The molecule has 0 radical (unpaired) electrons. The minimum absolute atomic E-state index is 0.185. The number of methoxy groups -OCH3 is 1. The van der Waals surface area contributed by atoms with Gasteiger partial charge in [-0.15, -0.1) is 0 Å². The van der Waals surface area contributed by atoms with E-state index in [4.69, 9.17) is 0 Å². The third kappa shape index (κ3) is 4.40. The minimum atomic E-state index is -1.20. The van der Waals surface area contributed by atoms with E-state index in [0.29, 0.717) is 24.3 Å². The van der Waals surface area contributed by atoms with Gasteiger partial charge in [0.25, 0.3) is 0 Å². The van der Waals surface area contributed by atoms with E-state index in [1.165, 1.54) is 13.2 Å². The third-order valence-electron chi connectivity index (χ3n) is 4.75. The standard InChI is InChI=1S/C19H27N3O4/c1-5-21-9-11-22(12-10-21)18(25)19(2,3)17(24)20-15-8-6-7-14(13-15)16(23)26-4/h6-8,13H,5,9-12H2,1-4H3,(H,20,24). The Kier molecular flexibility index (Phi) is 6.37. The van der Waals surface area contributed by atoms with Crippen LogP contribution in [-0.2, 0) is 14.3 Å². The van der Waals surface area contributed by atoms with Crippen molar-refractivity contribution in [2.24, 2.45) is 5.41 Å². The highest BCUT2D eigenvalue weighted by molar-refractivity contribution is 6.10. The Morgan fingerprint density at radius 1 is 1.15 bits per heavy atom. The summed E-state index contributed by atoms with van der Waals surface area (Å²) in [5.74, 6) is -1.07. The van der Waals surface area contributed by atoms with Crippen LogP contribution >= 0.6 is 0 Å². The van der Waals surface area contributed by atoms with E-state index in [1.807, 2.05) is 0 Å². The number of ether oxygens (including phenoxy) is 1. The maximum Gasteiger partial charge on any atom is 0.337 e. The molecule has 1 heterocycles. The van der Waals surface area contributed by atoms with Crippen molar-refractivity contribution in [2.45, 2.75) is 20.8 Å². The van der Waals surface area contributed by atoms with Crippen molar-refractivity contribution < 1.29 is 19.1 Å². The smallest absolute Gasteiger partial charge is 0.337 e. The number of hydrogen-bond donors (Lipinski definition) is 1. The van der Waals surface area contributed by atoms with E-state index in [1.54, 1.807) is 36.9 Å². The van der Waals surface area contributed by atoms with Crippen LogP contribution in [0, 0.1) is 5.41 Å². The first-order valence-corrected chi connectivity index (χ1v) is 8.81. The molecule has 0 aliphatic carbocycles. The summed E-state index contributed by atoms with van der Waals surface area (Å²) >= 11 is 0. The number of anilines is 1. The molecule has 7 heteroatoms. The van der Waals surface area contributed by atoms with Crippen molar-refractivity contribution in [3.63, 3.8) is 0 Å². The van der Waals surface area contributed by atoms with Gasteiger partial charge < -0.3 is 19.9 Å². The number of nitrogens with zero attached hydrogens (tertiary/aromatic N) is 2. The molecule has 1 aliphatic rings. The first-order valence-electron chi connectivity index (χ1n) is 8.81. The Bertz CT molecular complexity index is 679. The predicted molar refractivity (Wildman–Crippen MR) is 98.9 cm³/mol. The third-order valence-corrected chi connectivity index (χ3v) is 4.75. The van der Waals surface area contributed by atoms with Crippen molar-refractivity contribution in [3.05, 3.63) is 29.8 Å². The number of carbonyl (C=O) groups is 3. The molecule has 1 aromatic rings. The van der Waals surface area contributed by atoms with E-state index in [-0.39, 0.29) is 5.91 Å². The van der Waals surface area contributed by atoms with E-state index >= 15 is 0 Å². The molecular weight excluding hydrogens is 334 g/mol. The molecule has 0 bridgehead atoms. The average Bonchev–Trinajstić information content (AvgIpc) is 2.66. The van der Waals surface area contributed by atoms with Crippen LogP contribution < -0.4 is 5.32 Å². The second-order valence-corrected chi connectivity index (χ2v) is 6.88. The summed E-state index contributed by atoms with van der Waals surface area (Å²) < 4.78 is 4.68. The molecule has 1 saturated heterocycles. The molecule has 26 heavy (non-hydrogen) atoms. The molecular formula is C19H27N3O4. The summed E-state index contributed by atoms with van der Waals surface area (Å²) in [5.41, 5.74) is -0.407. The van der Waals surface area contributed by atoms with Gasteiger partial charge in [-0.05, 0) is 38.6 Å². The molecule has 0 spiro atoms. The lowest BCUT2D eigenvalue weighted by molar-refractivity contribution is -0.147. The lowest BCUT2D eigenvalue weighted by atomic mass is 9.89. The maximum absolute atomic E-state index is 12.8. The molecule has 0 aromatic heterocycles. The van der Waals surface area contributed by atoms with Crippen molar-refractivity contribution in [1.82, 2.24) is 9.80 Å². The van der Waals surface area contributed by atoms with Crippen molar-refractivity contribution in [3.8, 4) is 0 Å². The summed E-state index contributed by atoms with van der Waals surface area (Å²) in [4.78, 5) is 41.2. The van der Waals surface area contributed by atoms with E-state index < -0.39 is 17.3 Å². The topological polar surface area (TPSA) is 79.0 Å². The number of nitrogens with one attached hydrogen (secondary N) is 1. The van der Waals surface area contributed by atoms with Crippen molar-refractivity contribution >= 4 is 23.5 Å². The molecule has 0 atom stereocenters. The first-order chi connectivity index (χ1) is 12.3. The molecule has 2 rings (SSSR count). The number of hydrogen-bond acceptors (Lipinski definition) is 5. The van der Waals surface area contributed by atoms with Gasteiger partial charge in [0.15, 0.2) is 0 Å². The number of carbonyl (C=O) groups excluding carboxylic acids is 3. The zero-order chi connectivity index (χ0) is 19.3. The summed E-state index contributed by atoms with van der Waals surface area (Å²) in [6.45, 7) is 9.20. The second-order valence-electron chi connectivity index (χ2n) is 6.88. The highest BCUT2D eigenvalue weighted by Crippen LogP contribution is 2.23. The van der Waals surface area contributed by atoms with Crippen LogP contribution in [0.1, 0.15) is 31.1 Å². The van der Waals surface area contributed by atoms with Gasteiger partial charge in [-0.1, -0.05) is 13.0 Å². The number of esters is 1. The van der Waals surface area contributed by atoms with Crippen LogP contribution in [0.5, 0.6) is 0 Å². The zero-order valence-corrected chi connectivity index (χ0v) is 15.9. The average molecular weight is 361 g/mol. The predicted octanol–water partition coefficient (Wildman–Crippen LogP) is 1.60. The van der Waals surface area contributed by atoms with E-state index in [0.717, 1.165) is 19.6 Å². The van der Waals surface area contributed by atoms with Crippen LogP contribution in [0.25, 0.3) is 0 Å². The lowest BCUT2D eigenvalue weighted by Crippen LogP contribution is -2.54. The highest BCUT2D eigenvalue weighted by atomic mass is 16.5. The Balaban J connectivity index is 2.05. The van der Waals surface area contributed by atoms with Crippen LogP contribution in [0.3, 0.4) is 0 Å². The molecule has 2 amide bonds. The fourth-order valence-corrected chi connectivity index (χ4v) is 2.89. The molecule has 1 aliphatic heterocycles. The van der Waals surface area contributed by atoms with Crippen LogP contribution in [0.15, 0.2) is 24.3 Å². The van der Waals surface area contributed by atoms with Gasteiger partial charge in [0, 0.05) is 31.9 Å². The quantitative estimate of drug-likeness (QED) is 0.637. The Labute approximate surface area is 154 Å². The summed E-state index contributed by atoms with van der Waals surface area (Å²) in [6, 6.07) is 6.46. The molecule has 1 fully saturated rings. The normalized spacial score (nSPS) is 15.5. The molecule has 0 unspecified atom stereocenters.